The van der Waals surface area contributed by atoms with Crippen LogP contribution in [0.4, 0.5) is 0 Å². The predicted octanol–water partition coefficient (Wildman–Crippen LogP) is 23.2. The van der Waals surface area contributed by atoms with E-state index in [4.69, 9.17) is 37.0 Å². The molecular weight excluding hydrogens is 1280 g/mol. The van der Waals surface area contributed by atoms with Crippen LogP contribution in [0.25, 0.3) is 0 Å². The highest BCUT2D eigenvalue weighted by atomic mass is 31.2. The van der Waals surface area contributed by atoms with Crippen molar-refractivity contribution in [2.45, 2.75) is 420 Å². The van der Waals surface area contributed by atoms with Gasteiger partial charge in [-0.2, -0.15) is 0 Å². The van der Waals surface area contributed by atoms with Crippen LogP contribution in [0, 0.1) is 23.7 Å². The van der Waals surface area contributed by atoms with Crippen molar-refractivity contribution < 1.29 is 80.2 Å². The summed E-state index contributed by atoms with van der Waals surface area (Å²) in [5.41, 5.74) is 0. The van der Waals surface area contributed by atoms with Crippen molar-refractivity contribution in [2.24, 2.45) is 23.7 Å². The number of esters is 4. The lowest BCUT2D eigenvalue weighted by atomic mass is 10.00. The van der Waals surface area contributed by atoms with Gasteiger partial charge in [0.2, 0.25) is 0 Å². The number of carbonyl (C=O) groups excluding carboxylic acids is 4. The SMILES string of the molecule is CCC(C)CCCCCCCCC(=O)O[C@H](COC(=O)CCCCCCCCCCC(C)C)COP(=O)(O)OCC(O)COP(=O)(O)OC[C@@H](COC(=O)CCCCCCCCCCCCCCCCCC(C)C)OC(=O)CCCCCCCCCCCCCCCCCCC(C)C. The number of unbranched alkanes of at least 4 members (excludes halogenated alkanes) is 41. The summed E-state index contributed by atoms with van der Waals surface area (Å²) in [5.74, 6) is 0.942. The maximum atomic E-state index is 13.1. The molecule has 3 N–H and O–H groups in total. The van der Waals surface area contributed by atoms with Crippen LogP contribution in [0.1, 0.15) is 402 Å². The molecule has 0 aliphatic heterocycles. The van der Waals surface area contributed by atoms with Crippen molar-refractivity contribution in [1.82, 2.24) is 0 Å². The van der Waals surface area contributed by atoms with Gasteiger partial charge in [0.05, 0.1) is 26.4 Å². The Balaban J connectivity index is 5.22. The number of aliphatic hydroxyl groups excluding tert-OH is 1. The fourth-order valence-electron chi connectivity index (χ4n) is 12.0. The molecule has 0 amide bonds. The van der Waals surface area contributed by atoms with Crippen molar-refractivity contribution in [1.29, 1.82) is 0 Å². The lowest BCUT2D eigenvalue weighted by Gasteiger charge is -2.21. The van der Waals surface area contributed by atoms with Gasteiger partial charge in [-0.15, -0.1) is 0 Å². The van der Waals surface area contributed by atoms with Crippen molar-refractivity contribution in [3.63, 3.8) is 0 Å². The highest BCUT2D eigenvalue weighted by molar-refractivity contribution is 7.47. The Bertz CT molecular complexity index is 1920. The molecule has 0 aromatic carbocycles. The maximum absolute atomic E-state index is 13.1. The smallest absolute Gasteiger partial charge is 0.462 e. The summed E-state index contributed by atoms with van der Waals surface area (Å²) in [4.78, 5) is 72.9. The van der Waals surface area contributed by atoms with Crippen LogP contribution >= 0.6 is 15.6 Å². The van der Waals surface area contributed by atoms with Crippen LogP contribution in [-0.2, 0) is 65.4 Å². The summed E-state index contributed by atoms with van der Waals surface area (Å²) in [6.07, 6.45) is 54.3. The number of phosphoric acid groups is 2. The van der Waals surface area contributed by atoms with Gasteiger partial charge in [0.1, 0.15) is 19.3 Å². The first kappa shape index (κ1) is 96.1. The van der Waals surface area contributed by atoms with Gasteiger partial charge in [-0.25, -0.2) is 9.13 Å². The second kappa shape index (κ2) is 68.2. The zero-order valence-corrected chi connectivity index (χ0v) is 66.2. The summed E-state index contributed by atoms with van der Waals surface area (Å²) in [6, 6.07) is 0. The standard InChI is InChI=1S/C79H154O17P2/c1-9-72(8)58-50-42-37-38-46-54-62-79(84)96-75(66-90-77(82)60-52-44-35-30-29-33-41-49-57-71(6)7)68-94-98(87,88)92-64-73(80)63-91-97(85,86)93-67-74(65-89-76(81)59-51-43-34-27-23-19-16-12-14-18-22-26-32-40-48-56-70(4)5)95-78(83)61-53-45-36-28-24-20-15-11-10-13-17-21-25-31-39-47-55-69(2)3/h69-75,80H,9-68H2,1-8H3,(H,85,86)(H,87,88)/t72?,73?,74-,75-/m1/s1. The van der Waals surface area contributed by atoms with Crippen molar-refractivity contribution >= 4 is 39.5 Å². The van der Waals surface area contributed by atoms with E-state index in [9.17, 15) is 43.2 Å². The van der Waals surface area contributed by atoms with Crippen molar-refractivity contribution in [3.05, 3.63) is 0 Å². The van der Waals surface area contributed by atoms with Crippen LogP contribution in [0.5, 0.6) is 0 Å². The minimum absolute atomic E-state index is 0.102. The Morgan fingerprint density at radius 3 is 0.724 bits per heavy atom. The Morgan fingerprint density at radius 1 is 0.286 bits per heavy atom. The van der Waals surface area contributed by atoms with Crippen molar-refractivity contribution in [3.8, 4) is 0 Å². The van der Waals surface area contributed by atoms with Crippen LogP contribution in [-0.4, -0.2) is 96.7 Å². The second-order valence-electron chi connectivity index (χ2n) is 30.1. The summed E-state index contributed by atoms with van der Waals surface area (Å²) in [6.45, 7) is 14.2. The number of aliphatic hydroxyl groups is 1. The molecule has 0 aromatic rings. The molecule has 98 heavy (non-hydrogen) atoms. The van der Waals surface area contributed by atoms with E-state index in [1.54, 1.807) is 0 Å². The molecule has 0 bridgehead atoms. The molecule has 0 aliphatic rings. The zero-order chi connectivity index (χ0) is 72.4. The normalized spacial score (nSPS) is 14.3. The molecule has 4 unspecified atom stereocenters. The molecule has 0 heterocycles. The quantitative estimate of drug-likeness (QED) is 0.0222. The second-order valence-corrected chi connectivity index (χ2v) is 33.0. The summed E-state index contributed by atoms with van der Waals surface area (Å²) in [5, 5.41) is 10.6. The largest absolute Gasteiger partial charge is 0.472 e. The number of hydrogen-bond acceptors (Lipinski definition) is 15. The molecular formula is C79H154O17P2. The third-order valence-electron chi connectivity index (χ3n) is 18.7. The molecule has 0 saturated carbocycles. The van der Waals surface area contributed by atoms with Crippen LogP contribution < -0.4 is 0 Å². The first-order valence-corrected chi connectivity index (χ1v) is 43.7. The van der Waals surface area contributed by atoms with Gasteiger partial charge >= 0.3 is 39.5 Å². The van der Waals surface area contributed by atoms with Gasteiger partial charge in [-0.3, -0.25) is 37.3 Å². The molecule has 0 aromatic heterocycles. The lowest BCUT2D eigenvalue weighted by molar-refractivity contribution is -0.161. The van der Waals surface area contributed by atoms with Crippen LogP contribution in [0.3, 0.4) is 0 Å². The van der Waals surface area contributed by atoms with E-state index in [0.29, 0.717) is 25.7 Å². The fraction of sp³-hybridized carbons (Fsp3) is 0.949. The maximum Gasteiger partial charge on any atom is 0.472 e. The van der Waals surface area contributed by atoms with E-state index in [2.05, 4.69) is 55.4 Å². The average molecular weight is 1440 g/mol. The molecule has 0 rings (SSSR count). The lowest BCUT2D eigenvalue weighted by Crippen LogP contribution is -2.30. The Labute approximate surface area is 600 Å². The van der Waals surface area contributed by atoms with E-state index >= 15 is 0 Å². The number of phosphoric ester groups is 2. The predicted molar refractivity (Wildman–Crippen MR) is 400 cm³/mol. The molecule has 0 saturated heterocycles. The summed E-state index contributed by atoms with van der Waals surface area (Å²) >= 11 is 0. The Hall–Kier alpha value is -1.94. The van der Waals surface area contributed by atoms with E-state index in [-0.39, 0.29) is 25.7 Å². The molecule has 0 aliphatic carbocycles. The van der Waals surface area contributed by atoms with Gasteiger partial charge in [-0.1, -0.05) is 351 Å². The molecule has 0 fully saturated rings. The first-order valence-electron chi connectivity index (χ1n) is 40.7. The van der Waals surface area contributed by atoms with E-state index < -0.39 is 97.5 Å². The number of rotatable bonds is 76. The molecule has 582 valence electrons. The molecule has 6 atom stereocenters. The number of hydrogen-bond donors (Lipinski definition) is 3. The third-order valence-corrected chi connectivity index (χ3v) is 20.6. The Morgan fingerprint density at radius 2 is 0.490 bits per heavy atom. The highest BCUT2D eigenvalue weighted by Gasteiger charge is 2.30. The zero-order valence-electron chi connectivity index (χ0n) is 64.4. The van der Waals surface area contributed by atoms with Gasteiger partial charge < -0.3 is 33.8 Å². The minimum Gasteiger partial charge on any atom is -0.462 e. The summed E-state index contributed by atoms with van der Waals surface area (Å²) < 4.78 is 68.6. The summed E-state index contributed by atoms with van der Waals surface area (Å²) in [7, 11) is -9.92. The monoisotopic (exact) mass is 1440 g/mol. The average Bonchev–Trinajstić information content (AvgIpc) is 0.979. The number of carbonyl (C=O) groups is 4. The highest BCUT2D eigenvalue weighted by Crippen LogP contribution is 2.45. The molecule has 0 radical (unpaired) electrons. The van der Waals surface area contributed by atoms with Gasteiger partial charge in [0.25, 0.3) is 0 Å². The minimum atomic E-state index is -4.96. The van der Waals surface area contributed by atoms with Gasteiger partial charge in [-0.05, 0) is 49.4 Å². The Kier molecular flexibility index (Phi) is 66.8. The first-order chi connectivity index (χ1) is 47.1. The number of ether oxygens (including phenoxy) is 4. The van der Waals surface area contributed by atoms with E-state index in [1.165, 1.54) is 205 Å². The topological polar surface area (TPSA) is 237 Å². The van der Waals surface area contributed by atoms with Crippen molar-refractivity contribution in [2.75, 3.05) is 39.6 Å². The van der Waals surface area contributed by atoms with Crippen LogP contribution in [0.2, 0.25) is 0 Å². The van der Waals surface area contributed by atoms with Gasteiger partial charge in [0, 0.05) is 25.7 Å². The third kappa shape index (κ3) is 71.1. The molecule has 0 spiro atoms. The molecule has 19 heteroatoms. The van der Waals surface area contributed by atoms with E-state index in [1.807, 2.05) is 0 Å². The van der Waals surface area contributed by atoms with Gasteiger partial charge in [0.15, 0.2) is 12.2 Å². The fourth-order valence-corrected chi connectivity index (χ4v) is 13.6. The van der Waals surface area contributed by atoms with Crippen LogP contribution in [0.15, 0.2) is 0 Å². The molecule has 17 nitrogen and oxygen atoms in total. The van der Waals surface area contributed by atoms with E-state index in [0.717, 1.165) is 114 Å².